The smallest absolute Gasteiger partial charge is 0.220 e. The first-order valence-electron chi connectivity index (χ1n) is 7.34. The van der Waals surface area contributed by atoms with E-state index in [9.17, 15) is 4.79 Å². The minimum Gasteiger partial charge on any atom is -0.361 e. The molecule has 0 aromatic carbocycles. The Balaban J connectivity index is 1.49. The molecular weight excluding hydrogens is 268 g/mol. The molecule has 1 N–H and O–H groups in total. The molecule has 112 valence electrons. The Bertz CT molecular complexity index is 620. The van der Waals surface area contributed by atoms with Crippen LogP contribution >= 0.6 is 0 Å². The van der Waals surface area contributed by atoms with Crippen LogP contribution in [0.3, 0.4) is 0 Å². The number of amides is 1. The Labute approximate surface area is 123 Å². The van der Waals surface area contributed by atoms with E-state index >= 15 is 0 Å². The molecule has 1 fully saturated rings. The fraction of sp³-hybridized carbons (Fsp3) is 0.533. The number of nitrogens with zero attached hydrogens (tertiary/aromatic N) is 3. The molecule has 0 spiro atoms. The maximum absolute atomic E-state index is 12.0. The minimum absolute atomic E-state index is 0.0403. The Morgan fingerprint density at radius 3 is 2.95 bits per heavy atom. The fourth-order valence-corrected chi connectivity index (χ4v) is 2.53. The van der Waals surface area contributed by atoms with Crippen LogP contribution in [0.15, 0.2) is 17.0 Å². The molecule has 1 amide bonds. The van der Waals surface area contributed by atoms with Crippen molar-refractivity contribution in [2.45, 2.75) is 52.1 Å². The SMILES string of the molecule is Cc1noc(C)c1CCC(=O)NCc1cncn1C1CC1. The van der Waals surface area contributed by atoms with Gasteiger partial charge in [0.05, 0.1) is 24.3 Å². The van der Waals surface area contributed by atoms with Crippen LogP contribution in [0.1, 0.15) is 48.0 Å². The zero-order valence-electron chi connectivity index (χ0n) is 12.4. The predicted octanol–water partition coefficient (Wildman–Crippen LogP) is 2.07. The Morgan fingerprint density at radius 2 is 2.29 bits per heavy atom. The second-order valence-electron chi connectivity index (χ2n) is 5.60. The highest BCUT2D eigenvalue weighted by molar-refractivity contribution is 5.76. The molecule has 6 nitrogen and oxygen atoms in total. The number of carbonyl (C=O) groups is 1. The van der Waals surface area contributed by atoms with Crippen LogP contribution in [0.25, 0.3) is 0 Å². The van der Waals surface area contributed by atoms with E-state index < -0.39 is 0 Å². The summed E-state index contributed by atoms with van der Waals surface area (Å²) >= 11 is 0. The third-order valence-corrected chi connectivity index (χ3v) is 3.94. The van der Waals surface area contributed by atoms with Crippen LogP contribution in [-0.4, -0.2) is 20.6 Å². The van der Waals surface area contributed by atoms with E-state index in [-0.39, 0.29) is 5.91 Å². The third-order valence-electron chi connectivity index (χ3n) is 3.94. The Kier molecular flexibility index (Phi) is 3.77. The molecule has 1 aliphatic rings. The van der Waals surface area contributed by atoms with Crippen LogP contribution in [0.4, 0.5) is 0 Å². The van der Waals surface area contributed by atoms with Crippen molar-refractivity contribution >= 4 is 5.91 Å². The van der Waals surface area contributed by atoms with Crippen LogP contribution in [0.5, 0.6) is 0 Å². The van der Waals surface area contributed by atoms with E-state index in [1.54, 1.807) is 0 Å². The minimum atomic E-state index is 0.0403. The van der Waals surface area contributed by atoms with Gasteiger partial charge in [-0.25, -0.2) is 4.98 Å². The van der Waals surface area contributed by atoms with Crippen molar-refractivity contribution in [1.82, 2.24) is 20.0 Å². The first kappa shape index (κ1) is 13.9. The number of imidazole rings is 1. The van der Waals surface area contributed by atoms with E-state index in [1.165, 1.54) is 12.8 Å². The molecule has 6 heteroatoms. The number of hydrogen-bond acceptors (Lipinski definition) is 4. The molecular formula is C15H20N4O2. The van der Waals surface area contributed by atoms with E-state index in [2.05, 4.69) is 20.0 Å². The van der Waals surface area contributed by atoms with Crippen molar-refractivity contribution in [3.8, 4) is 0 Å². The summed E-state index contributed by atoms with van der Waals surface area (Å²) in [6, 6.07) is 0.585. The van der Waals surface area contributed by atoms with Gasteiger partial charge in [-0.05, 0) is 33.1 Å². The molecule has 0 saturated heterocycles. The lowest BCUT2D eigenvalue weighted by Crippen LogP contribution is -2.24. The van der Waals surface area contributed by atoms with Gasteiger partial charge < -0.3 is 14.4 Å². The van der Waals surface area contributed by atoms with Gasteiger partial charge in [0.2, 0.25) is 5.91 Å². The second-order valence-corrected chi connectivity index (χ2v) is 5.60. The molecule has 2 aromatic rings. The number of aromatic nitrogens is 3. The van der Waals surface area contributed by atoms with Crippen molar-refractivity contribution in [2.24, 2.45) is 0 Å². The average Bonchev–Trinajstić information content (AvgIpc) is 3.12. The molecule has 21 heavy (non-hydrogen) atoms. The normalized spacial score (nSPS) is 14.4. The Morgan fingerprint density at radius 1 is 1.48 bits per heavy atom. The molecule has 1 saturated carbocycles. The van der Waals surface area contributed by atoms with Gasteiger partial charge in [-0.1, -0.05) is 5.16 Å². The molecule has 0 atom stereocenters. The van der Waals surface area contributed by atoms with E-state index in [4.69, 9.17) is 4.52 Å². The lowest BCUT2D eigenvalue weighted by molar-refractivity contribution is -0.121. The van der Waals surface area contributed by atoms with Gasteiger partial charge in [0, 0.05) is 24.2 Å². The summed E-state index contributed by atoms with van der Waals surface area (Å²) in [4.78, 5) is 16.1. The highest BCUT2D eigenvalue weighted by Crippen LogP contribution is 2.35. The topological polar surface area (TPSA) is 73.0 Å². The van der Waals surface area contributed by atoms with Crippen molar-refractivity contribution in [3.63, 3.8) is 0 Å². The monoisotopic (exact) mass is 288 g/mol. The largest absolute Gasteiger partial charge is 0.361 e. The fourth-order valence-electron chi connectivity index (χ4n) is 2.53. The first-order valence-corrected chi connectivity index (χ1v) is 7.34. The van der Waals surface area contributed by atoms with Crippen LogP contribution in [0, 0.1) is 13.8 Å². The van der Waals surface area contributed by atoms with Crippen molar-refractivity contribution in [1.29, 1.82) is 0 Å². The summed E-state index contributed by atoms with van der Waals surface area (Å²) in [5.74, 6) is 0.839. The highest BCUT2D eigenvalue weighted by atomic mass is 16.5. The summed E-state index contributed by atoms with van der Waals surface area (Å²) in [5.41, 5.74) is 2.98. The van der Waals surface area contributed by atoms with Gasteiger partial charge in [0.15, 0.2) is 0 Å². The predicted molar refractivity (Wildman–Crippen MR) is 76.6 cm³/mol. The number of hydrogen-bond donors (Lipinski definition) is 1. The van der Waals surface area contributed by atoms with Gasteiger partial charge in [-0.2, -0.15) is 0 Å². The maximum atomic E-state index is 12.0. The summed E-state index contributed by atoms with van der Waals surface area (Å²) in [5, 5.41) is 6.86. The van der Waals surface area contributed by atoms with Gasteiger partial charge in [-0.3, -0.25) is 4.79 Å². The van der Waals surface area contributed by atoms with Gasteiger partial charge >= 0.3 is 0 Å². The average molecular weight is 288 g/mol. The summed E-state index contributed by atoms with van der Waals surface area (Å²) in [6.45, 7) is 4.32. The van der Waals surface area contributed by atoms with E-state index in [0.717, 1.165) is 22.7 Å². The molecule has 1 aliphatic carbocycles. The molecule has 2 heterocycles. The quantitative estimate of drug-likeness (QED) is 0.883. The van der Waals surface area contributed by atoms with Crippen LogP contribution in [-0.2, 0) is 17.8 Å². The zero-order chi connectivity index (χ0) is 14.8. The van der Waals surface area contributed by atoms with Crippen molar-refractivity contribution < 1.29 is 9.32 Å². The van der Waals surface area contributed by atoms with E-state index in [1.807, 2.05) is 26.4 Å². The summed E-state index contributed by atoms with van der Waals surface area (Å²) < 4.78 is 7.26. The van der Waals surface area contributed by atoms with Gasteiger partial charge in [-0.15, -0.1) is 0 Å². The van der Waals surface area contributed by atoms with E-state index in [0.29, 0.717) is 25.4 Å². The number of nitrogens with one attached hydrogen (secondary N) is 1. The number of aryl methyl sites for hydroxylation is 2. The molecule has 0 aliphatic heterocycles. The summed E-state index contributed by atoms with van der Waals surface area (Å²) in [7, 11) is 0. The lowest BCUT2D eigenvalue weighted by atomic mass is 10.1. The highest BCUT2D eigenvalue weighted by Gasteiger charge is 2.25. The summed E-state index contributed by atoms with van der Waals surface area (Å²) in [6.07, 6.45) is 7.21. The zero-order valence-corrected chi connectivity index (χ0v) is 12.4. The van der Waals surface area contributed by atoms with Gasteiger partial charge in [0.25, 0.3) is 0 Å². The van der Waals surface area contributed by atoms with Crippen molar-refractivity contribution in [2.75, 3.05) is 0 Å². The Hall–Kier alpha value is -2.11. The van der Waals surface area contributed by atoms with Gasteiger partial charge in [0.1, 0.15) is 5.76 Å². The molecule has 0 radical (unpaired) electrons. The molecule has 3 rings (SSSR count). The molecule has 0 bridgehead atoms. The molecule has 2 aromatic heterocycles. The standard InChI is InChI=1S/C15H20N4O2/c1-10-14(11(2)21-18-10)5-6-15(20)17-8-13-7-16-9-19(13)12-3-4-12/h7,9,12H,3-6,8H2,1-2H3,(H,17,20). The lowest BCUT2D eigenvalue weighted by Gasteiger charge is -2.08. The molecule has 0 unspecified atom stereocenters. The third kappa shape index (κ3) is 3.15. The van der Waals surface area contributed by atoms with Crippen LogP contribution in [0.2, 0.25) is 0 Å². The first-order chi connectivity index (χ1) is 10.1. The maximum Gasteiger partial charge on any atom is 0.220 e. The van der Waals surface area contributed by atoms with Crippen molar-refractivity contribution in [3.05, 3.63) is 35.2 Å². The number of rotatable bonds is 6. The second kappa shape index (κ2) is 5.71. The van der Waals surface area contributed by atoms with Crippen LogP contribution < -0.4 is 5.32 Å². The number of carbonyl (C=O) groups excluding carboxylic acids is 1.